The monoisotopic (exact) mass is 288 g/mol. The molecule has 0 aromatic heterocycles. The quantitative estimate of drug-likeness (QED) is 0.837. The molecule has 106 valence electrons. The van der Waals surface area contributed by atoms with Gasteiger partial charge in [-0.05, 0) is 30.7 Å². The van der Waals surface area contributed by atoms with E-state index in [2.05, 4.69) is 17.4 Å². The number of nitrogens with one attached hydrogen (secondary N) is 1. The maximum atomic E-state index is 12.4. The molecule has 2 saturated carbocycles. The van der Waals surface area contributed by atoms with Crippen molar-refractivity contribution in [2.75, 3.05) is 0 Å². The summed E-state index contributed by atoms with van der Waals surface area (Å²) in [6.45, 7) is 0. The van der Waals surface area contributed by atoms with Crippen LogP contribution in [0.3, 0.4) is 0 Å². The zero-order chi connectivity index (χ0) is 14.2. The molecule has 2 unspecified atom stereocenters. The van der Waals surface area contributed by atoms with E-state index in [0.717, 1.165) is 32.1 Å². The number of thiocarbonyl (C=S) groups is 1. The Labute approximate surface area is 124 Å². The Kier molecular flexibility index (Phi) is 3.50. The van der Waals surface area contributed by atoms with Gasteiger partial charge >= 0.3 is 0 Å². The van der Waals surface area contributed by atoms with E-state index < -0.39 is 5.54 Å². The van der Waals surface area contributed by atoms with Gasteiger partial charge in [-0.25, -0.2) is 0 Å². The van der Waals surface area contributed by atoms with Crippen LogP contribution in [0.5, 0.6) is 0 Å². The summed E-state index contributed by atoms with van der Waals surface area (Å²) in [5.41, 5.74) is 6.70. The van der Waals surface area contributed by atoms with E-state index in [1.165, 1.54) is 5.56 Å². The summed E-state index contributed by atoms with van der Waals surface area (Å²) < 4.78 is 0. The second kappa shape index (κ2) is 5.17. The van der Waals surface area contributed by atoms with Gasteiger partial charge in [0.1, 0.15) is 0 Å². The van der Waals surface area contributed by atoms with Gasteiger partial charge in [-0.2, -0.15) is 0 Å². The van der Waals surface area contributed by atoms with Crippen LogP contribution in [0.4, 0.5) is 0 Å². The zero-order valence-electron chi connectivity index (χ0n) is 11.5. The highest BCUT2D eigenvalue weighted by Crippen LogP contribution is 2.48. The number of nitrogens with two attached hydrogens (primary N) is 1. The molecular weight excluding hydrogens is 268 g/mol. The molecule has 0 heterocycles. The third kappa shape index (κ3) is 2.44. The van der Waals surface area contributed by atoms with Gasteiger partial charge in [-0.3, -0.25) is 4.79 Å². The molecule has 0 radical (unpaired) electrons. The molecule has 0 spiro atoms. The molecule has 2 aliphatic carbocycles. The van der Waals surface area contributed by atoms with Gasteiger partial charge in [-0.15, -0.1) is 0 Å². The molecule has 3 N–H and O–H groups in total. The molecular formula is C16H20N2OS. The zero-order valence-corrected chi connectivity index (χ0v) is 12.3. The Morgan fingerprint density at radius 1 is 1.25 bits per heavy atom. The highest BCUT2D eigenvalue weighted by atomic mass is 32.1. The van der Waals surface area contributed by atoms with Gasteiger partial charge in [0.25, 0.3) is 0 Å². The maximum Gasteiger partial charge on any atom is 0.224 e. The summed E-state index contributed by atoms with van der Waals surface area (Å²) in [5, 5.41) is 3.15. The minimum Gasteiger partial charge on any atom is -0.391 e. The lowest BCUT2D eigenvalue weighted by Gasteiger charge is -2.29. The van der Waals surface area contributed by atoms with Crippen molar-refractivity contribution in [3.8, 4) is 0 Å². The molecule has 2 fully saturated rings. The first kappa shape index (κ1) is 13.6. The Bertz CT molecular complexity index is 523. The first-order valence-electron chi connectivity index (χ1n) is 7.29. The number of hydrogen-bond acceptors (Lipinski definition) is 2. The molecule has 0 aliphatic heterocycles. The van der Waals surface area contributed by atoms with Crippen molar-refractivity contribution in [1.29, 1.82) is 0 Å². The summed E-state index contributed by atoms with van der Waals surface area (Å²) in [4.78, 5) is 12.9. The van der Waals surface area contributed by atoms with Crippen molar-refractivity contribution in [3.63, 3.8) is 0 Å². The molecule has 1 amide bonds. The van der Waals surface area contributed by atoms with Crippen molar-refractivity contribution in [1.82, 2.24) is 5.32 Å². The molecule has 1 aromatic rings. The first-order valence-corrected chi connectivity index (χ1v) is 7.70. The van der Waals surface area contributed by atoms with Crippen molar-refractivity contribution in [3.05, 3.63) is 35.9 Å². The van der Waals surface area contributed by atoms with E-state index in [9.17, 15) is 4.79 Å². The molecule has 3 rings (SSSR count). The second-order valence-corrected chi connectivity index (χ2v) is 6.44. The lowest BCUT2D eigenvalue weighted by molar-refractivity contribution is -0.123. The van der Waals surface area contributed by atoms with Crippen LogP contribution in [0.1, 0.15) is 43.6 Å². The van der Waals surface area contributed by atoms with Gasteiger partial charge in [-0.1, -0.05) is 55.4 Å². The molecule has 0 saturated heterocycles. The maximum absolute atomic E-state index is 12.4. The third-order valence-electron chi connectivity index (χ3n) is 4.65. The Balaban J connectivity index is 1.65. The molecule has 3 nitrogen and oxygen atoms in total. The van der Waals surface area contributed by atoms with Crippen LogP contribution in [0.15, 0.2) is 30.3 Å². The van der Waals surface area contributed by atoms with E-state index >= 15 is 0 Å². The van der Waals surface area contributed by atoms with Gasteiger partial charge in [0.2, 0.25) is 5.91 Å². The fraction of sp³-hybridized carbons (Fsp3) is 0.500. The highest BCUT2D eigenvalue weighted by molar-refractivity contribution is 7.80. The number of rotatable bonds is 4. The first-order chi connectivity index (χ1) is 9.62. The van der Waals surface area contributed by atoms with Gasteiger partial charge < -0.3 is 11.1 Å². The second-order valence-electron chi connectivity index (χ2n) is 6.00. The molecule has 1 aromatic carbocycles. The number of carbonyl (C=O) groups excluding carboxylic acids is 1. The molecule has 0 bridgehead atoms. The molecule has 20 heavy (non-hydrogen) atoms. The van der Waals surface area contributed by atoms with E-state index in [1.54, 1.807) is 0 Å². The van der Waals surface area contributed by atoms with Crippen molar-refractivity contribution >= 4 is 23.1 Å². The molecule has 4 heteroatoms. The average Bonchev–Trinajstić information content (AvgIpc) is 3.12. The number of carbonyl (C=O) groups is 1. The topological polar surface area (TPSA) is 55.1 Å². The van der Waals surface area contributed by atoms with Crippen molar-refractivity contribution < 1.29 is 4.79 Å². The summed E-state index contributed by atoms with van der Waals surface area (Å²) in [6.07, 6.45) is 4.88. The van der Waals surface area contributed by atoms with E-state index in [1.807, 2.05) is 18.2 Å². The van der Waals surface area contributed by atoms with Crippen LogP contribution >= 0.6 is 12.2 Å². The van der Waals surface area contributed by atoms with Gasteiger partial charge in [0.05, 0.1) is 10.5 Å². The van der Waals surface area contributed by atoms with Crippen molar-refractivity contribution in [2.45, 2.75) is 43.6 Å². The third-order valence-corrected chi connectivity index (χ3v) is 5.04. The minimum absolute atomic E-state index is 0.0872. The predicted molar refractivity (Wildman–Crippen MR) is 83.4 cm³/mol. The number of hydrogen-bond donors (Lipinski definition) is 2. The fourth-order valence-corrected chi connectivity index (χ4v) is 3.55. The Morgan fingerprint density at radius 3 is 2.50 bits per heavy atom. The molecule has 2 atom stereocenters. The van der Waals surface area contributed by atoms with Crippen LogP contribution in [-0.4, -0.2) is 16.4 Å². The normalized spacial score (nSPS) is 27.0. The summed E-state index contributed by atoms with van der Waals surface area (Å²) in [6, 6.07) is 10.2. The van der Waals surface area contributed by atoms with Gasteiger partial charge in [0.15, 0.2) is 0 Å². The van der Waals surface area contributed by atoms with E-state index in [0.29, 0.717) is 10.9 Å². The smallest absolute Gasteiger partial charge is 0.224 e. The minimum atomic E-state index is -0.420. The molecule has 2 aliphatic rings. The van der Waals surface area contributed by atoms with Crippen LogP contribution in [0, 0.1) is 5.92 Å². The van der Waals surface area contributed by atoms with Crippen LogP contribution in [0.25, 0.3) is 0 Å². The summed E-state index contributed by atoms with van der Waals surface area (Å²) in [7, 11) is 0. The Hall–Kier alpha value is -1.42. The van der Waals surface area contributed by atoms with Gasteiger partial charge in [0, 0.05) is 5.92 Å². The van der Waals surface area contributed by atoms with Crippen LogP contribution in [-0.2, 0) is 4.79 Å². The lowest BCUT2D eigenvalue weighted by atomic mass is 9.97. The Morgan fingerprint density at radius 2 is 1.90 bits per heavy atom. The number of amides is 1. The van der Waals surface area contributed by atoms with E-state index in [4.69, 9.17) is 18.0 Å². The average molecular weight is 288 g/mol. The highest BCUT2D eigenvalue weighted by Gasteiger charge is 2.47. The van der Waals surface area contributed by atoms with E-state index in [-0.39, 0.29) is 11.8 Å². The van der Waals surface area contributed by atoms with Crippen LogP contribution < -0.4 is 11.1 Å². The standard InChI is InChI=1S/C16H20N2OS/c17-15(20)16(8-4-5-9-16)18-14(19)13-10-12(13)11-6-2-1-3-7-11/h1-3,6-7,12-13H,4-5,8-10H2,(H2,17,20)(H,18,19). The fourth-order valence-electron chi connectivity index (χ4n) is 3.29. The SMILES string of the molecule is NC(=S)C1(NC(=O)C2CC2c2ccccc2)CCCC1. The number of benzene rings is 1. The summed E-state index contributed by atoms with van der Waals surface area (Å²) in [5.74, 6) is 0.568. The largest absolute Gasteiger partial charge is 0.391 e. The summed E-state index contributed by atoms with van der Waals surface area (Å²) >= 11 is 5.18. The van der Waals surface area contributed by atoms with Crippen LogP contribution in [0.2, 0.25) is 0 Å². The van der Waals surface area contributed by atoms with Crippen molar-refractivity contribution in [2.24, 2.45) is 11.7 Å². The lowest BCUT2D eigenvalue weighted by Crippen LogP contribution is -2.55. The predicted octanol–water partition coefficient (Wildman–Crippen LogP) is 2.51.